The van der Waals surface area contributed by atoms with E-state index < -0.39 is 5.54 Å². The highest BCUT2D eigenvalue weighted by Gasteiger charge is 2.26. The van der Waals surface area contributed by atoms with Crippen molar-refractivity contribution in [2.75, 3.05) is 13.7 Å². The summed E-state index contributed by atoms with van der Waals surface area (Å²) in [7, 11) is 1.71. The molecule has 1 N–H and O–H groups in total. The van der Waals surface area contributed by atoms with Crippen LogP contribution in [0.3, 0.4) is 0 Å². The Balaban J connectivity index is 4.63. The summed E-state index contributed by atoms with van der Waals surface area (Å²) in [6.45, 7) is 7.44. The van der Waals surface area contributed by atoms with Crippen molar-refractivity contribution in [3.8, 4) is 0 Å². The summed E-state index contributed by atoms with van der Waals surface area (Å²) in [5.74, 6) is -0.0223. The lowest BCUT2D eigenvalue weighted by atomic mass is 10.0. The Kier molecular flexibility index (Phi) is 4.85. The lowest BCUT2D eigenvalue weighted by molar-refractivity contribution is -0.131. The Hall–Kier alpha value is -0.830. The van der Waals surface area contributed by atoms with E-state index >= 15 is 0 Å². The van der Waals surface area contributed by atoms with Crippen molar-refractivity contribution in [1.29, 1.82) is 0 Å². The van der Waals surface area contributed by atoms with Crippen molar-refractivity contribution in [3.63, 3.8) is 0 Å². The second-order valence-corrected chi connectivity index (χ2v) is 4.13. The van der Waals surface area contributed by atoms with Gasteiger partial charge in [-0.2, -0.15) is 0 Å². The van der Waals surface area contributed by atoms with E-state index in [9.17, 15) is 4.79 Å². The Bertz CT molecular complexity index is 231. The van der Waals surface area contributed by atoms with Gasteiger partial charge in [0.2, 0.25) is 5.91 Å². The van der Waals surface area contributed by atoms with Gasteiger partial charge in [0.05, 0.1) is 12.1 Å². The number of allylic oxidation sites excluding steroid dienone is 1. The predicted molar refractivity (Wildman–Crippen MR) is 58.0 cm³/mol. The third-order valence-corrected chi connectivity index (χ3v) is 2.45. The van der Waals surface area contributed by atoms with Crippen LogP contribution in [-0.4, -0.2) is 35.1 Å². The first kappa shape index (κ1) is 13.2. The average molecular weight is 199 g/mol. The van der Waals surface area contributed by atoms with Crippen molar-refractivity contribution in [3.05, 3.63) is 11.6 Å². The maximum absolute atomic E-state index is 11.8. The quantitative estimate of drug-likeness (QED) is 0.698. The summed E-state index contributed by atoms with van der Waals surface area (Å²) in [6, 6.07) is 0. The van der Waals surface area contributed by atoms with E-state index in [1.807, 2.05) is 26.8 Å². The summed E-state index contributed by atoms with van der Waals surface area (Å²) in [5, 5.41) is 9.11. The number of carbonyl (C=O) groups excluding carboxylic acids is 1. The number of aliphatic hydroxyl groups excluding tert-OH is 1. The van der Waals surface area contributed by atoms with Gasteiger partial charge in [0.25, 0.3) is 0 Å². The highest BCUT2D eigenvalue weighted by atomic mass is 16.3. The fraction of sp³-hybridized carbons (Fsp3) is 0.727. The van der Waals surface area contributed by atoms with Crippen LogP contribution in [0.5, 0.6) is 0 Å². The van der Waals surface area contributed by atoms with Crippen molar-refractivity contribution >= 4 is 5.91 Å². The molecule has 0 spiro atoms. The maximum atomic E-state index is 11.8. The minimum absolute atomic E-state index is 0.0223. The fourth-order valence-electron chi connectivity index (χ4n) is 1.04. The van der Waals surface area contributed by atoms with Crippen molar-refractivity contribution in [2.45, 2.75) is 39.7 Å². The van der Waals surface area contributed by atoms with E-state index in [2.05, 4.69) is 0 Å². The van der Waals surface area contributed by atoms with Gasteiger partial charge < -0.3 is 10.0 Å². The van der Waals surface area contributed by atoms with Gasteiger partial charge >= 0.3 is 0 Å². The van der Waals surface area contributed by atoms with Crippen LogP contribution in [0.15, 0.2) is 11.6 Å². The van der Waals surface area contributed by atoms with Gasteiger partial charge in [-0.05, 0) is 27.2 Å². The van der Waals surface area contributed by atoms with Crippen molar-refractivity contribution in [2.24, 2.45) is 0 Å². The zero-order valence-corrected chi connectivity index (χ0v) is 9.79. The molecule has 0 unspecified atom stereocenters. The molecule has 0 bridgehead atoms. The average Bonchev–Trinajstić information content (AvgIpc) is 2.15. The second-order valence-electron chi connectivity index (χ2n) is 4.13. The van der Waals surface area contributed by atoms with Crippen LogP contribution in [0.2, 0.25) is 0 Å². The monoisotopic (exact) mass is 199 g/mol. The number of amides is 1. The first-order valence-corrected chi connectivity index (χ1v) is 4.92. The van der Waals surface area contributed by atoms with Crippen LogP contribution in [0, 0.1) is 0 Å². The lowest BCUT2D eigenvalue weighted by Crippen LogP contribution is -2.47. The van der Waals surface area contributed by atoms with E-state index in [4.69, 9.17) is 5.11 Å². The molecular weight excluding hydrogens is 178 g/mol. The molecule has 0 aromatic rings. The molecule has 0 aromatic heterocycles. The summed E-state index contributed by atoms with van der Waals surface area (Å²) in [6.07, 6.45) is 2.75. The fourth-order valence-corrected chi connectivity index (χ4v) is 1.04. The van der Waals surface area contributed by atoms with Crippen LogP contribution >= 0.6 is 0 Å². The van der Waals surface area contributed by atoms with Crippen LogP contribution in [0.25, 0.3) is 0 Å². The molecule has 3 nitrogen and oxygen atoms in total. The molecule has 0 aliphatic heterocycles. The molecule has 0 heterocycles. The van der Waals surface area contributed by atoms with Gasteiger partial charge in [0.15, 0.2) is 0 Å². The lowest BCUT2D eigenvalue weighted by Gasteiger charge is -2.34. The molecule has 0 aromatic carbocycles. The molecule has 0 aliphatic rings. The number of carbonyl (C=O) groups is 1. The Morgan fingerprint density at radius 3 is 2.36 bits per heavy atom. The number of rotatable bonds is 4. The Morgan fingerprint density at radius 2 is 2.00 bits per heavy atom. The van der Waals surface area contributed by atoms with Gasteiger partial charge in [-0.3, -0.25) is 4.79 Å². The highest BCUT2D eigenvalue weighted by molar-refractivity contribution is 5.93. The van der Waals surface area contributed by atoms with E-state index in [1.54, 1.807) is 18.9 Å². The minimum atomic E-state index is -0.500. The number of hydrogen-bond acceptors (Lipinski definition) is 2. The smallest absolute Gasteiger partial charge is 0.249 e. The van der Waals surface area contributed by atoms with Gasteiger partial charge in [-0.15, -0.1) is 0 Å². The first-order chi connectivity index (χ1) is 6.36. The molecule has 1 amide bonds. The summed E-state index contributed by atoms with van der Waals surface area (Å²) in [4.78, 5) is 13.4. The topological polar surface area (TPSA) is 40.5 Å². The van der Waals surface area contributed by atoms with Crippen molar-refractivity contribution < 1.29 is 9.90 Å². The van der Waals surface area contributed by atoms with E-state index in [0.29, 0.717) is 0 Å². The number of hydrogen-bond donors (Lipinski definition) is 1. The predicted octanol–water partition coefficient (Wildman–Crippen LogP) is 1.57. The summed E-state index contributed by atoms with van der Waals surface area (Å²) in [5.41, 5.74) is 0.233. The molecule has 0 fully saturated rings. The largest absolute Gasteiger partial charge is 0.394 e. The molecule has 82 valence electrons. The SMILES string of the molecule is CC/C=C(/C)C(=O)N(C)C(C)(C)CO. The minimum Gasteiger partial charge on any atom is -0.394 e. The third kappa shape index (κ3) is 3.14. The van der Waals surface area contributed by atoms with Gasteiger partial charge in [0, 0.05) is 12.6 Å². The summed E-state index contributed by atoms with van der Waals surface area (Å²) >= 11 is 0. The molecule has 0 saturated carbocycles. The van der Waals surface area contributed by atoms with Gasteiger partial charge in [-0.1, -0.05) is 13.0 Å². The molecule has 0 radical (unpaired) electrons. The third-order valence-electron chi connectivity index (χ3n) is 2.45. The Labute approximate surface area is 86.4 Å². The van der Waals surface area contributed by atoms with E-state index in [1.165, 1.54) is 0 Å². The van der Waals surface area contributed by atoms with E-state index in [0.717, 1.165) is 12.0 Å². The molecular formula is C11H21NO2. The molecule has 3 heteroatoms. The zero-order chi connectivity index (χ0) is 11.4. The highest BCUT2D eigenvalue weighted by Crippen LogP contribution is 2.14. The first-order valence-electron chi connectivity index (χ1n) is 4.92. The number of nitrogens with zero attached hydrogens (tertiary/aromatic N) is 1. The normalized spacial score (nSPS) is 12.9. The number of aliphatic hydroxyl groups is 1. The van der Waals surface area contributed by atoms with Gasteiger partial charge in [-0.25, -0.2) is 0 Å². The molecule has 0 saturated heterocycles. The van der Waals surface area contributed by atoms with Crippen LogP contribution in [-0.2, 0) is 4.79 Å². The molecule has 0 aliphatic carbocycles. The molecule has 0 rings (SSSR count). The van der Waals surface area contributed by atoms with E-state index in [-0.39, 0.29) is 12.5 Å². The van der Waals surface area contributed by atoms with Crippen LogP contribution in [0.1, 0.15) is 34.1 Å². The zero-order valence-electron chi connectivity index (χ0n) is 9.79. The second kappa shape index (κ2) is 5.15. The Morgan fingerprint density at radius 1 is 1.50 bits per heavy atom. The van der Waals surface area contributed by atoms with Crippen LogP contribution < -0.4 is 0 Å². The standard InChI is InChI=1S/C11H21NO2/c1-6-7-9(2)10(14)12(5)11(3,4)8-13/h7,13H,6,8H2,1-5H3/b9-7-. The van der Waals surface area contributed by atoms with Crippen LogP contribution in [0.4, 0.5) is 0 Å². The molecule has 14 heavy (non-hydrogen) atoms. The number of likely N-dealkylation sites (N-methyl/N-ethyl adjacent to an activating group) is 1. The summed E-state index contributed by atoms with van der Waals surface area (Å²) < 4.78 is 0. The maximum Gasteiger partial charge on any atom is 0.249 e. The molecule has 0 atom stereocenters. The van der Waals surface area contributed by atoms with Gasteiger partial charge in [0.1, 0.15) is 0 Å². The van der Waals surface area contributed by atoms with Crippen molar-refractivity contribution in [1.82, 2.24) is 4.90 Å².